The van der Waals surface area contributed by atoms with Crippen molar-refractivity contribution in [2.24, 2.45) is 5.92 Å². The summed E-state index contributed by atoms with van der Waals surface area (Å²) in [5.41, 5.74) is 4.10. The Morgan fingerprint density at radius 2 is 1.97 bits per heavy atom. The largest absolute Gasteiger partial charge is 0.349 e. The number of rotatable bonds is 6. The normalized spacial score (nSPS) is 18.7. The molecule has 1 aliphatic heterocycles. The lowest BCUT2D eigenvalue weighted by Gasteiger charge is -2.32. The predicted molar refractivity (Wildman–Crippen MR) is 121 cm³/mol. The van der Waals surface area contributed by atoms with Gasteiger partial charge in [-0.2, -0.15) is 0 Å². The van der Waals surface area contributed by atoms with Crippen LogP contribution in [0.15, 0.2) is 42.5 Å². The number of amides is 1. The molecule has 3 rings (SSSR count). The van der Waals surface area contributed by atoms with E-state index in [4.69, 9.17) is 11.6 Å². The van der Waals surface area contributed by atoms with E-state index in [9.17, 15) is 13.2 Å². The molecule has 7 heteroatoms. The highest BCUT2D eigenvalue weighted by atomic mass is 35.5. The third-order valence-corrected chi connectivity index (χ3v) is 7.83. The number of nitrogens with one attached hydrogen (secondary N) is 1. The van der Waals surface area contributed by atoms with Gasteiger partial charge in [0.25, 0.3) is 0 Å². The molecule has 0 bridgehead atoms. The highest BCUT2D eigenvalue weighted by molar-refractivity contribution is 7.88. The molecule has 162 valence electrons. The van der Waals surface area contributed by atoms with Crippen LogP contribution in [0, 0.1) is 19.8 Å². The topological polar surface area (TPSA) is 66.5 Å². The average molecular weight is 449 g/mol. The number of carbonyl (C=O) groups excluding carboxylic acids is 1. The Balaban J connectivity index is 1.64. The first-order valence-electron chi connectivity index (χ1n) is 10.3. The van der Waals surface area contributed by atoms with Gasteiger partial charge in [-0.15, -0.1) is 0 Å². The number of carbonyl (C=O) groups is 1. The van der Waals surface area contributed by atoms with Crippen LogP contribution in [-0.2, 0) is 20.6 Å². The van der Waals surface area contributed by atoms with E-state index in [1.807, 2.05) is 13.0 Å². The molecule has 0 aromatic heterocycles. The van der Waals surface area contributed by atoms with Crippen molar-refractivity contribution in [2.45, 2.75) is 45.4 Å². The van der Waals surface area contributed by atoms with Crippen molar-refractivity contribution in [3.63, 3.8) is 0 Å². The van der Waals surface area contributed by atoms with Gasteiger partial charge in [0, 0.05) is 18.1 Å². The third-order valence-electron chi connectivity index (χ3n) is 5.78. The molecule has 2 aromatic carbocycles. The standard InChI is InChI=1S/C23H29ClN2O3S/c1-16-9-10-20(12-17(16)2)18(3)25-23(27)21-7-5-11-26(14-21)30(28,29)15-19-6-4-8-22(24)13-19/h4,6,8-10,12-13,18,21H,5,7,11,14-15H2,1-3H3,(H,25,27)/t18-,21-/m1/s1. The predicted octanol–water partition coefficient (Wildman–Crippen LogP) is 4.38. The summed E-state index contributed by atoms with van der Waals surface area (Å²) < 4.78 is 27.2. The minimum absolute atomic E-state index is 0.0941. The van der Waals surface area contributed by atoms with Crippen LogP contribution in [0.25, 0.3) is 0 Å². The summed E-state index contributed by atoms with van der Waals surface area (Å²) in [4.78, 5) is 12.9. The van der Waals surface area contributed by atoms with Gasteiger partial charge in [0.1, 0.15) is 0 Å². The number of piperidine rings is 1. The molecule has 1 heterocycles. The number of hydrogen-bond donors (Lipinski definition) is 1. The summed E-state index contributed by atoms with van der Waals surface area (Å²) in [6.07, 6.45) is 1.36. The van der Waals surface area contributed by atoms with E-state index in [1.54, 1.807) is 24.3 Å². The summed E-state index contributed by atoms with van der Waals surface area (Å²) in [7, 11) is -3.52. The second-order valence-electron chi connectivity index (χ2n) is 8.16. The summed E-state index contributed by atoms with van der Waals surface area (Å²) >= 11 is 5.98. The number of sulfonamides is 1. The molecular formula is C23H29ClN2O3S. The molecule has 0 aliphatic carbocycles. The molecule has 0 radical (unpaired) electrons. The van der Waals surface area contributed by atoms with Crippen molar-refractivity contribution in [1.29, 1.82) is 0 Å². The van der Waals surface area contributed by atoms with Gasteiger partial charge in [0.2, 0.25) is 15.9 Å². The second-order valence-corrected chi connectivity index (χ2v) is 10.6. The van der Waals surface area contributed by atoms with Crippen molar-refractivity contribution in [3.05, 3.63) is 69.7 Å². The maximum atomic E-state index is 12.9. The van der Waals surface area contributed by atoms with Gasteiger partial charge in [0.05, 0.1) is 17.7 Å². The fourth-order valence-electron chi connectivity index (χ4n) is 3.79. The van der Waals surface area contributed by atoms with Crippen LogP contribution in [0.5, 0.6) is 0 Å². The van der Waals surface area contributed by atoms with Gasteiger partial charge in [-0.1, -0.05) is 41.9 Å². The van der Waals surface area contributed by atoms with Crippen LogP contribution in [0.2, 0.25) is 5.02 Å². The molecule has 0 saturated carbocycles. The zero-order valence-electron chi connectivity index (χ0n) is 17.7. The zero-order valence-corrected chi connectivity index (χ0v) is 19.3. The first-order valence-corrected chi connectivity index (χ1v) is 12.2. The maximum absolute atomic E-state index is 12.9. The van der Waals surface area contributed by atoms with Crippen molar-refractivity contribution in [3.8, 4) is 0 Å². The van der Waals surface area contributed by atoms with E-state index < -0.39 is 10.0 Å². The Bertz CT molecular complexity index is 1020. The number of halogens is 1. The molecule has 1 N–H and O–H groups in total. The summed E-state index contributed by atoms with van der Waals surface area (Å²) in [5.74, 6) is -0.550. The lowest BCUT2D eigenvalue weighted by atomic mass is 9.97. The molecule has 1 aliphatic rings. The molecule has 1 saturated heterocycles. The average Bonchev–Trinajstić information content (AvgIpc) is 2.69. The quantitative estimate of drug-likeness (QED) is 0.713. The molecule has 0 spiro atoms. The summed E-state index contributed by atoms with van der Waals surface area (Å²) in [6, 6.07) is 12.9. The zero-order chi connectivity index (χ0) is 21.9. The van der Waals surface area contributed by atoms with Crippen molar-refractivity contribution >= 4 is 27.5 Å². The minimum Gasteiger partial charge on any atom is -0.349 e. The highest BCUT2D eigenvalue weighted by Crippen LogP contribution is 2.24. The lowest BCUT2D eigenvalue weighted by molar-refractivity contribution is -0.126. The molecule has 2 atom stereocenters. The van der Waals surface area contributed by atoms with Crippen LogP contribution in [-0.4, -0.2) is 31.7 Å². The van der Waals surface area contributed by atoms with E-state index in [-0.39, 0.29) is 30.2 Å². The summed E-state index contributed by atoms with van der Waals surface area (Å²) in [5, 5.41) is 3.58. The van der Waals surface area contributed by atoms with Crippen LogP contribution in [0.4, 0.5) is 0 Å². The first-order chi connectivity index (χ1) is 14.2. The van der Waals surface area contributed by atoms with Crippen molar-refractivity contribution in [1.82, 2.24) is 9.62 Å². The SMILES string of the molecule is Cc1ccc([C@@H](C)NC(=O)[C@@H]2CCCN(S(=O)(=O)Cc3cccc(Cl)c3)C2)cc1C. The molecule has 1 fully saturated rings. The van der Waals surface area contributed by atoms with Gasteiger partial charge < -0.3 is 5.32 Å². The maximum Gasteiger partial charge on any atom is 0.224 e. The third kappa shape index (κ3) is 5.62. The van der Waals surface area contributed by atoms with Crippen molar-refractivity contribution in [2.75, 3.05) is 13.1 Å². The van der Waals surface area contributed by atoms with Gasteiger partial charge >= 0.3 is 0 Å². The van der Waals surface area contributed by atoms with Gasteiger partial charge in [-0.25, -0.2) is 12.7 Å². The van der Waals surface area contributed by atoms with Crippen LogP contribution in [0.1, 0.15) is 48.1 Å². The second kappa shape index (κ2) is 9.50. The molecular weight excluding hydrogens is 420 g/mol. The van der Waals surface area contributed by atoms with E-state index >= 15 is 0 Å². The number of hydrogen-bond acceptors (Lipinski definition) is 3. The minimum atomic E-state index is -3.52. The number of nitrogens with zero attached hydrogens (tertiary/aromatic N) is 1. The molecule has 1 amide bonds. The van der Waals surface area contributed by atoms with Crippen molar-refractivity contribution < 1.29 is 13.2 Å². The van der Waals surface area contributed by atoms with Crippen LogP contribution < -0.4 is 5.32 Å². The van der Waals surface area contributed by atoms with Crippen LogP contribution in [0.3, 0.4) is 0 Å². The Kier molecular flexibility index (Phi) is 7.22. The fraction of sp³-hybridized carbons (Fsp3) is 0.435. The van der Waals surface area contributed by atoms with Gasteiger partial charge in [-0.3, -0.25) is 4.79 Å². The first kappa shape index (κ1) is 22.8. The Hall–Kier alpha value is -1.89. The fourth-order valence-corrected chi connectivity index (χ4v) is 5.60. The van der Waals surface area contributed by atoms with Gasteiger partial charge in [-0.05, 0) is 68.0 Å². The van der Waals surface area contributed by atoms with E-state index in [2.05, 4.69) is 31.3 Å². The molecule has 0 unspecified atom stereocenters. The van der Waals surface area contributed by atoms with E-state index in [0.29, 0.717) is 30.0 Å². The smallest absolute Gasteiger partial charge is 0.224 e. The monoisotopic (exact) mass is 448 g/mol. The Morgan fingerprint density at radius 1 is 1.20 bits per heavy atom. The summed E-state index contributed by atoms with van der Waals surface area (Å²) in [6.45, 7) is 6.73. The lowest BCUT2D eigenvalue weighted by Crippen LogP contribution is -2.46. The van der Waals surface area contributed by atoms with E-state index in [0.717, 1.165) is 5.56 Å². The number of benzene rings is 2. The molecule has 2 aromatic rings. The number of aryl methyl sites for hydroxylation is 2. The Labute approximate surface area is 184 Å². The Morgan fingerprint density at radius 3 is 2.67 bits per heavy atom. The highest BCUT2D eigenvalue weighted by Gasteiger charge is 2.32. The molecule has 30 heavy (non-hydrogen) atoms. The molecule has 5 nitrogen and oxygen atoms in total. The van der Waals surface area contributed by atoms with E-state index in [1.165, 1.54) is 15.4 Å². The van der Waals surface area contributed by atoms with Crippen LogP contribution >= 0.6 is 11.6 Å². The van der Waals surface area contributed by atoms with Gasteiger partial charge in [0.15, 0.2) is 0 Å².